The normalized spacial score (nSPS) is 13.8. The van der Waals surface area contributed by atoms with Gasteiger partial charge in [-0.25, -0.2) is 9.97 Å². The van der Waals surface area contributed by atoms with Gasteiger partial charge >= 0.3 is 0 Å². The number of aryl methyl sites for hydroxylation is 2. The second-order valence-electron chi connectivity index (χ2n) is 5.59. The number of nitrogens with zero attached hydrogens (tertiary/aromatic N) is 2. The molecule has 1 aliphatic rings. The molecule has 0 aromatic carbocycles. The molecule has 2 aromatic rings. The maximum absolute atomic E-state index is 12.1. The summed E-state index contributed by atoms with van der Waals surface area (Å²) in [6, 6.07) is 0.281. The molecule has 1 N–H and O–H groups in total. The summed E-state index contributed by atoms with van der Waals surface area (Å²) in [5, 5.41) is 5.24. The van der Waals surface area contributed by atoms with Crippen LogP contribution in [0.1, 0.15) is 43.6 Å². The first-order chi connectivity index (χ1) is 10.7. The predicted molar refractivity (Wildman–Crippen MR) is 92.7 cm³/mol. The number of nitrogens with one attached hydrogen (secondary N) is 1. The second kappa shape index (κ2) is 6.96. The molecule has 1 aliphatic carbocycles. The van der Waals surface area contributed by atoms with Crippen LogP contribution in [-0.2, 0) is 17.6 Å². The fourth-order valence-electron chi connectivity index (χ4n) is 2.91. The van der Waals surface area contributed by atoms with Crippen LogP contribution in [0.3, 0.4) is 0 Å². The number of rotatable bonds is 6. The average molecular weight is 335 g/mol. The van der Waals surface area contributed by atoms with E-state index in [2.05, 4.69) is 29.1 Å². The Kier molecular flexibility index (Phi) is 4.98. The quantitative estimate of drug-likeness (QED) is 0.647. The van der Waals surface area contributed by atoms with Crippen LogP contribution < -0.4 is 5.32 Å². The number of aromatic nitrogens is 2. The Labute approximate surface area is 139 Å². The lowest BCUT2D eigenvalue weighted by molar-refractivity contribution is -0.119. The Morgan fingerprint density at radius 2 is 2.18 bits per heavy atom. The summed E-state index contributed by atoms with van der Waals surface area (Å²) < 4.78 is 0. The lowest BCUT2D eigenvalue weighted by atomic mass is 10.2. The number of amides is 1. The van der Waals surface area contributed by atoms with Crippen molar-refractivity contribution in [2.75, 3.05) is 5.75 Å². The molecule has 0 radical (unpaired) electrons. The predicted octanol–water partition coefficient (Wildman–Crippen LogP) is 3.58. The minimum absolute atomic E-state index is 0.0948. The number of fused-ring (bicyclic) bond motifs is 3. The standard InChI is InChI=1S/C16H21N3OS2/c1-3-10(4-2)19-13(20)8-21-15-14-11-6-5-7-12(11)22-16(14)18-9-17-15/h9-10H,3-8H2,1-2H3,(H,19,20). The molecule has 1 amide bonds. The summed E-state index contributed by atoms with van der Waals surface area (Å²) in [7, 11) is 0. The molecule has 118 valence electrons. The Morgan fingerprint density at radius 1 is 1.36 bits per heavy atom. The Bertz CT molecular complexity index is 679. The van der Waals surface area contributed by atoms with Crippen molar-refractivity contribution >= 4 is 39.2 Å². The zero-order valence-corrected chi connectivity index (χ0v) is 14.6. The molecule has 6 heteroatoms. The highest BCUT2D eigenvalue weighted by molar-refractivity contribution is 8.00. The minimum atomic E-state index is 0.0948. The zero-order chi connectivity index (χ0) is 15.5. The van der Waals surface area contributed by atoms with E-state index in [-0.39, 0.29) is 11.9 Å². The molecular formula is C16H21N3OS2. The van der Waals surface area contributed by atoms with Gasteiger partial charge in [-0.15, -0.1) is 11.3 Å². The molecule has 0 bridgehead atoms. The summed E-state index contributed by atoms with van der Waals surface area (Å²) >= 11 is 3.32. The molecule has 0 unspecified atom stereocenters. The number of hydrogen-bond acceptors (Lipinski definition) is 5. The average Bonchev–Trinajstić information content (AvgIpc) is 3.11. The van der Waals surface area contributed by atoms with Gasteiger partial charge in [0.25, 0.3) is 0 Å². The van der Waals surface area contributed by atoms with E-state index in [0.717, 1.165) is 35.5 Å². The number of thiophene rings is 1. The summed E-state index contributed by atoms with van der Waals surface area (Å²) in [5.74, 6) is 0.519. The van der Waals surface area contributed by atoms with Gasteiger partial charge in [0.2, 0.25) is 5.91 Å². The molecule has 0 fully saturated rings. The van der Waals surface area contributed by atoms with Crippen LogP contribution in [-0.4, -0.2) is 27.7 Å². The van der Waals surface area contributed by atoms with Gasteiger partial charge in [-0.05, 0) is 37.7 Å². The van der Waals surface area contributed by atoms with Crippen molar-refractivity contribution in [3.05, 3.63) is 16.8 Å². The van der Waals surface area contributed by atoms with Crippen molar-refractivity contribution < 1.29 is 4.79 Å². The van der Waals surface area contributed by atoms with Gasteiger partial charge in [0, 0.05) is 16.3 Å². The van der Waals surface area contributed by atoms with Crippen LogP contribution in [0, 0.1) is 0 Å². The van der Waals surface area contributed by atoms with E-state index in [0.29, 0.717) is 5.75 Å². The summed E-state index contributed by atoms with van der Waals surface area (Å²) in [5.41, 5.74) is 1.42. The molecule has 2 aromatic heterocycles. The molecule has 0 spiro atoms. The van der Waals surface area contributed by atoms with E-state index < -0.39 is 0 Å². The lowest BCUT2D eigenvalue weighted by Crippen LogP contribution is -2.35. The molecule has 3 rings (SSSR count). The Hall–Kier alpha value is -1.14. The van der Waals surface area contributed by atoms with Crippen molar-refractivity contribution in [3.8, 4) is 0 Å². The largest absolute Gasteiger partial charge is 0.353 e. The summed E-state index contributed by atoms with van der Waals surface area (Å²) in [4.78, 5) is 23.4. The molecule has 0 aliphatic heterocycles. The van der Waals surface area contributed by atoms with Crippen LogP contribution >= 0.6 is 23.1 Å². The van der Waals surface area contributed by atoms with Crippen molar-refractivity contribution in [1.29, 1.82) is 0 Å². The first kappa shape index (κ1) is 15.7. The van der Waals surface area contributed by atoms with Crippen LogP contribution in [0.25, 0.3) is 10.2 Å². The van der Waals surface area contributed by atoms with Gasteiger partial charge in [-0.1, -0.05) is 25.6 Å². The van der Waals surface area contributed by atoms with Gasteiger partial charge in [0.05, 0.1) is 5.75 Å². The van der Waals surface area contributed by atoms with Crippen molar-refractivity contribution in [1.82, 2.24) is 15.3 Å². The molecule has 22 heavy (non-hydrogen) atoms. The number of thioether (sulfide) groups is 1. The minimum Gasteiger partial charge on any atom is -0.353 e. The third-order valence-electron chi connectivity index (χ3n) is 4.16. The van der Waals surface area contributed by atoms with Gasteiger partial charge in [0.1, 0.15) is 16.2 Å². The summed E-state index contributed by atoms with van der Waals surface area (Å²) in [6.07, 6.45) is 7.08. The highest BCUT2D eigenvalue weighted by atomic mass is 32.2. The molecule has 0 atom stereocenters. The van der Waals surface area contributed by atoms with Crippen LogP contribution in [0.15, 0.2) is 11.4 Å². The topological polar surface area (TPSA) is 54.9 Å². The van der Waals surface area contributed by atoms with Gasteiger partial charge in [-0.3, -0.25) is 4.79 Å². The molecule has 2 heterocycles. The summed E-state index contributed by atoms with van der Waals surface area (Å²) in [6.45, 7) is 4.20. The van der Waals surface area contributed by atoms with E-state index in [1.165, 1.54) is 34.0 Å². The van der Waals surface area contributed by atoms with E-state index >= 15 is 0 Å². The highest BCUT2D eigenvalue weighted by Crippen LogP contribution is 2.39. The van der Waals surface area contributed by atoms with Crippen LogP contribution in [0.5, 0.6) is 0 Å². The monoisotopic (exact) mass is 335 g/mol. The molecule has 4 nitrogen and oxygen atoms in total. The fourth-order valence-corrected chi connectivity index (χ4v) is 5.04. The van der Waals surface area contributed by atoms with E-state index in [1.54, 1.807) is 17.7 Å². The first-order valence-corrected chi connectivity index (χ1v) is 9.70. The Morgan fingerprint density at radius 3 is 2.95 bits per heavy atom. The molecule has 0 saturated carbocycles. The van der Waals surface area contributed by atoms with Crippen LogP contribution in [0.4, 0.5) is 0 Å². The van der Waals surface area contributed by atoms with Gasteiger partial charge in [-0.2, -0.15) is 0 Å². The van der Waals surface area contributed by atoms with Crippen LogP contribution in [0.2, 0.25) is 0 Å². The van der Waals surface area contributed by atoms with Gasteiger partial charge in [0.15, 0.2) is 0 Å². The second-order valence-corrected chi connectivity index (χ2v) is 7.63. The van der Waals surface area contributed by atoms with E-state index in [1.807, 2.05) is 0 Å². The first-order valence-electron chi connectivity index (χ1n) is 7.90. The van der Waals surface area contributed by atoms with Gasteiger partial charge < -0.3 is 5.32 Å². The maximum atomic E-state index is 12.1. The van der Waals surface area contributed by atoms with E-state index in [9.17, 15) is 4.79 Å². The van der Waals surface area contributed by atoms with Crippen molar-refractivity contribution in [3.63, 3.8) is 0 Å². The zero-order valence-electron chi connectivity index (χ0n) is 13.0. The van der Waals surface area contributed by atoms with Crippen molar-refractivity contribution in [2.24, 2.45) is 0 Å². The molecule has 0 saturated heterocycles. The lowest BCUT2D eigenvalue weighted by Gasteiger charge is -2.14. The fraction of sp³-hybridized carbons (Fsp3) is 0.562. The van der Waals surface area contributed by atoms with E-state index in [4.69, 9.17) is 0 Å². The third-order valence-corrected chi connectivity index (χ3v) is 6.35. The third kappa shape index (κ3) is 3.13. The number of carbonyl (C=O) groups excluding carboxylic acids is 1. The van der Waals surface area contributed by atoms with Crippen molar-refractivity contribution in [2.45, 2.75) is 57.0 Å². The number of carbonyl (C=O) groups is 1. The smallest absolute Gasteiger partial charge is 0.230 e. The SMILES string of the molecule is CCC(CC)NC(=O)CSc1ncnc2sc3c(c12)CCC3. The maximum Gasteiger partial charge on any atom is 0.230 e. The Balaban J connectivity index is 1.73. The molecular weight excluding hydrogens is 314 g/mol. The number of hydrogen-bond donors (Lipinski definition) is 1. The highest BCUT2D eigenvalue weighted by Gasteiger charge is 2.21.